The Morgan fingerprint density at radius 3 is 2.40 bits per heavy atom. The zero-order valence-corrected chi connectivity index (χ0v) is 32.7. The Morgan fingerprint density at radius 1 is 0.862 bits per heavy atom. The number of phenolic OH excluding ortho intramolecular Hbond substituents is 1. The first-order chi connectivity index (χ1) is 28.2. The van der Waals surface area contributed by atoms with E-state index in [0.717, 1.165) is 71.2 Å². The number of rotatable bonds is 6. The van der Waals surface area contributed by atoms with E-state index in [2.05, 4.69) is 75.8 Å². The third-order valence-corrected chi connectivity index (χ3v) is 13.8. The summed E-state index contributed by atoms with van der Waals surface area (Å²) >= 11 is 0. The van der Waals surface area contributed by atoms with Gasteiger partial charge in [0.15, 0.2) is 17.3 Å². The molecule has 1 aliphatic carbocycles. The minimum Gasteiger partial charge on any atom is -0.508 e. The predicted octanol–water partition coefficient (Wildman–Crippen LogP) is 7.13. The number of halogens is 1. The number of phenols is 1. The zero-order valence-electron chi connectivity index (χ0n) is 32.7. The number of hydrogen-bond acceptors (Lipinski definition) is 8. The number of amides is 2. The number of anilines is 1. The fraction of sp³-hybridized carbons (Fsp3) is 0.426. The average Bonchev–Trinajstić information content (AvgIpc) is 3.57. The van der Waals surface area contributed by atoms with Crippen molar-refractivity contribution in [3.05, 3.63) is 118 Å². The normalized spacial score (nSPS) is 24.4. The lowest BCUT2D eigenvalue weighted by molar-refractivity contribution is -0.125. The fourth-order valence-corrected chi connectivity index (χ4v) is 10.6. The molecule has 0 unspecified atom stereocenters. The number of ether oxygens (including phenoxy) is 2. The van der Waals surface area contributed by atoms with Crippen LogP contribution in [0.3, 0.4) is 0 Å². The highest BCUT2D eigenvalue weighted by Gasteiger charge is 2.46. The van der Waals surface area contributed by atoms with Crippen molar-refractivity contribution in [1.82, 2.24) is 15.1 Å². The van der Waals surface area contributed by atoms with E-state index in [4.69, 9.17) is 14.9 Å². The van der Waals surface area contributed by atoms with Crippen LogP contribution in [-0.2, 0) is 17.8 Å². The number of piperidine rings is 3. The number of amidine groups is 1. The number of nitrogens with one attached hydrogen (secondary N) is 2. The Bertz CT molecular complexity index is 2250. The van der Waals surface area contributed by atoms with Gasteiger partial charge >= 0.3 is 0 Å². The van der Waals surface area contributed by atoms with Crippen molar-refractivity contribution in [2.75, 3.05) is 44.2 Å². The summed E-state index contributed by atoms with van der Waals surface area (Å²) in [7, 11) is 0. The molecule has 5 aliphatic heterocycles. The van der Waals surface area contributed by atoms with Crippen LogP contribution >= 0.6 is 0 Å². The minimum atomic E-state index is -0.737. The lowest BCUT2D eigenvalue weighted by atomic mass is 9.69. The van der Waals surface area contributed by atoms with Crippen molar-refractivity contribution in [2.45, 2.75) is 81.4 Å². The van der Waals surface area contributed by atoms with Gasteiger partial charge in [-0.2, -0.15) is 0 Å². The van der Waals surface area contributed by atoms with Crippen LogP contribution < -0.4 is 19.7 Å². The first-order valence-corrected chi connectivity index (χ1v) is 21.0. The molecule has 10 rings (SSSR count). The van der Waals surface area contributed by atoms with Gasteiger partial charge in [-0.05, 0) is 102 Å². The second kappa shape index (κ2) is 14.8. The van der Waals surface area contributed by atoms with E-state index < -0.39 is 29.3 Å². The van der Waals surface area contributed by atoms with Gasteiger partial charge in [-0.1, -0.05) is 48.5 Å². The number of carbonyl (C=O) groups excluding carboxylic acids is 2. The highest BCUT2D eigenvalue weighted by molar-refractivity contribution is 6.06. The van der Waals surface area contributed by atoms with E-state index in [-0.39, 0.29) is 36.2 Å². The Morgan fingerprint density at radius 2 is 1.64 bits per heavy atom. The number of likely N-dealkylation sites (tertiary alicyclic amines) is 1. The molecule has 4 aromatic rings. The van der Waals surface area contributed by atoms with E-state index in [1.165, 1.54) is 32.8 Å². The largest absolute Gasteiger partial charge is 0.508 e. The van der Waals surface area contributed by atoms with Crippen molar-refractivity contribution in [3.8, 4) is 17.2 Å². The molecule has 10 nitrogen and oxygen atoms in total. The molecule has 0 bridgehead atoms. The fourth-order valence-electron chi connectivity index (χ4n) is 10.6. The molecule has 6 aliphatic rings. The van der Waals surface area contributed by atoms with Gasteiger partial charge in [0.2, 0.25) is 5.91 Å². The quantitative estimate of drug-likeness (QED) is 0.191. The maximum atomic E-state index is 15.8. The lowest BCUT2D eigenvalue weighted by Gasteiger charge is -2.45. The first-order valence-electron chi connectivity index (χ1n) is 21.0. The van der Waals surface area contributed by atoms with Crippen molar-refractivity contribution >= 4 is 23.3 Å². The Balaban J connectivity index is 0.743. The summed E-state index contributed by atoms with van der Waals surface area (Å²) in [5.41, 5.74) is 6.44. The smallest absolute Gasteiger partial charge is 0.258 e. The van der Waals surface area contributed by atoms with Gasteiger partial charge in [0.05, 0.1) is 11.4 Å². The summed E-state index contributed by atoms with van der Waals surface area (Å²) in [6.45, 7) is 5.20. The molecular formula is C47H50FN5O5. The van der Waals surface area contributed by atoms with Crippen molar-refractivity contribution < 1.29 is 28.6 Å². The van der Waals surface area contributed by atoms with Crippen LogP contribution in [0.25, 0.3) is 0 Å². The molecule has 4 aromatic carbocycles. The van der Waals surface area contributed by atoms with Gasteiger partial charge in [-0.25, -0.2) is 4.39 Å². The summed E-state index contributed by atoms with van der Waals surface area (Å²) in [5.74, 6) is 0.390. The summed E-state index contributed by atoms with van der Waals surface area (Å²) in [4.78, 5) is 32.4. The van der Waals surface area contributed by atoms with Crippen molar-refractivity contribution in [2.24, 2.45) is 5.92 Å². The van der Waals surface area contributed by atoms with E-state index >= 15 is 4.39 Å². The van der Waals surface area contributed by atoms with Gasteiger partial charge in [0, 0.05) is 70.1 Å². The molecular weight excluding hydrogens is 734 g/mol. The van der Waals surface area contributed by atoms with Crippen molar-refractivity contribution in [1.29, 1.82) is 5.41 Å². The molecule has 3 fully saturated rings. The summed E-state index contributed by atoms with van der Waals surface area (Å²) in [6, 6.07) is 27.0. The van der Waals surface area contributed by atoms with Crippen LogP contribution in [0.15, 0.2) is 78.9 Å². The van der Waals surface area contributed by atoms with Crippen molar-refractivity contribution in [3.63, 3.8) is 0 Å². The first kappa shape index (κ1) is 36.9. The molecule has 0 radical (unpaired) electrons. The molecule has 300 valence electrons. The lowest BCUT2D eigenvalue weighted by Crippen LogP contribution is -2.54. The molecule has 58 heavy (non-hydrogen) atoms. The molecule has 11 heteroatoms. The highest BCUT2D eigenvalue weighted by atomic mass is 19.1. The molecule has 1 spiro atoms. The van der Waals surface area contributed by atoms with E-state index in [0.29, 0.717) is 41.7 Å². The average molecular weight is 784 g/mol. The third-order valence-electron chi connectivity index (χ3n) is 13.8. The SMILES string of the molecule is N=C1CC[C@H](N2Cc3cc4c(c(F)c3C2=O)OCC2(CCN(CC3CCN(c5ccc([C@@H]6c7ccc(O)cc7CC[C@@H]6c6ccccc6)cc5)CC3)CC2)O4)C(=O)N1. The zero-order chi connectivity index (χ0) is 39.5. The van der Waals surface area contributed by atoms with Gasteiger partial charge in [-0.3, -0.25) is 15.0 Å². The second-order valence-electron chi connectivity index (χ2n) is 17.3. The highest BCUT2D eigenvalue weighted by Crippen LogP contribution is 2.48. The molecule has 3 N–H and O–H groups in total. The number of fused-ring (bicyclic) bond motifs is 3. The van der Waals surface area contributed by atoms with Crippen LogP contribution in [0.2, 0.25) is 0 Å². The topological polar surface area (TPSA) is 118 Å². The monoisotopic (exact) mass is 783 g/mol. The van der Waals surface area contributed by atoms with Crippen LogP contribution in [0.5, 0.6) is 17.2 Å². The van der Waals surface area contributed by atoms with Gasteiger partial charge in [0.25, 0.3) is 5.91 Å². The summed E-state index contributed by atoms with van der Waals surface area (Å²) < 4.78 is 28.5. The van der Waals surface area contributed by atoms with E-state index in [1.54, 1.807) is 6.07 Å². The van der Waals surface area contributed by atoms with Gasteiger partial charge < -0.3 is 34.6 Å². The molecule has 0 saturated carbocycles. The molecule has 0 aromatic heterocycles. The number of aromatic hydroxyl groups is 1. The van der Waals surface area contributed by atoms with E-state index in [9.17, 15) is 14.7 Å². The standard InChI is InChI=1S/C47H50FN5O5/c48-43-42-33(27-53(46(42)56)38-14-15-40(49)50-45(38)55)25-39-44(43)57-28-47(58-39)18-22-51(23-19-47)26-29-16-20-52(21-17-29)34-9-6-31(7-10-34)41-36(30-4-2-1-3-5-30)12-8-32-24-35(54)11-13-37(32)41/h1-7,9-11,13,24-25,29,36,38,41,54H,8,12,14-23,26-28H2,(H2,49,50,55)/t36-,38+,41+/m1/s1. The van der Waals surface area contributed by atoms with Crippen LogP contribution in [-0.4, -0.2) is 83.5 Å². The number of carbonyl (C=O) groups is 2. The number of hydrogen-bond donors (Lipinski definition) is 3. The predicted molar refractivity (Wildman–Crippen MR) is 219 cm³/mol. The summed E-state index contributed by atoms with van der Waals surface area (Å²) in [6.07, 6.45) is 6.53. The maximum absolute atomic E-state index is 15.8. The van der Waals surface area contributed by atoms with E-state index in [1.807, 2.05) is 12.1 Å². The van der Waals surface area contributed by atoms with Crippen LogP contribution in [0.4, 0.5) is 10.1 Å². The molecule has 3 atom stereocenters. The second-order valence-corrected chi connectivity index (χ2v) is 17.3. The Labute approximate surface area is 338 Å². The number of nitrogens with zero attached hydrogens (tertiary/aromatic N) is 3. The summed E-state index contributed by atoms with van der Waals surface area (Å²) in [5, 5.41) is 20.5. The molecule has 5 heterocycles. The maximum Gasteiger partial charge on any atom is 0.258 e. The van der Waals surface area contributed by atoms with Crippen LogP contribution in [0.1, 0.15) is 95.0 Å². The Hall–Kier alpha value is -5.42. The number of benzene rings is 4. The van der Waals surface area contributed by atoms with Crippen LogP contribution in [0, 0.1) is 17.1 Å². The third kappa shape index (κ3) is 6.67. The van der Waals surface area contributed by atoms with Gasteiger partial charge in [0.1, 0.15) is 24.0 Å². The number of aryl methyl sites for hydroxylation is 1. The van der Waals surface area contributed by atoms with Gasteiger partial charge in [-0.15, -0.1) is 0 Å². The molecule has 3 saturated heterocycles. The Kier molecular flexibility index (Phi) is 9.38. The molecule has 2 amide bonds. The minimum absolute atomic E-state index is 0.0184.